The molecule has 0 aliphatic rings. The second-order valence-corrected chi connectivity index (χ2v) is 5.44. The van der Waals surface area contributed by atoms with E-state index >= 15 is 0 Å². The molecule has 88 valence electrons. The number of alkyl halides is 1. The standard InChI is InChI=1S/C13H18BrNO/c1-8(2)12(14)13(16)15-11-7-9(3)5-6-10(11)4/h5-8,12H,1-4H3,(H,15,16). The molecule has 1 N–H and O–H groups in total. The van der Waals surface area contributed by atoms with Gasteiger partial charge in [0, 0.05) is 5.69 Å². The zero-order valence-corrected chi connectivity index (χ0v) is 11.8. The first-order valence-electron chi connectivity index (χ1n) is 5.44. The Bertz CT molecular complexity index is 388. The van der Waals surface area contributed by atoms with Crippen LogP contribution in [0.25, 0.3) is 0 Å². The molecule has 0 aromatic heterocycles. The Morgan fingerprint density at radius 1 is 1.31 bits per heavy atom. The van der Waals surface area contributed by atoms with E-state index in [1.165, 1.54) is 0 Å². The molecule has 0 aliphatic heterocycles. The smallest absolute Gasteiger partial charge is 0.238 e. The van der Waals surface area contributed by atoms with E-state index in [0.717, 1.165) is 16.8 Å². The minimum atomic E-state index is -0.146. The first kappa shape index (κ1) is 13.2. The number of hydrogen-bond donors (Lipinski definition) is 1. The molecule has 16 heavy (non-hydrogen) atoms. The highest BCUT2D eigenvalue weighted by atomic mass is 79.9. The van der Waals surface area contributed by atoms with E-state index in [2.05, 4.69) is 21.2 Å². The molecule has 1 atom stereocenters. The third-order valence-electron chi connectivity index (χ3n) is 2.49. The van der Waals surface area contributed by atoms with Crippen LogP contribution < -0.4 is 5.32 Å². The quantitative estimate of drug-likeness (QED) is 0.843. The van der Waals surface area contributed by atoms with Gasteiger partial charge in [-0.25, -0.2) is 0 Å². The molecule has 2 nitrogen and oxygen atoms in total. The second-order valence-electron chi connectivity index (χ2n) is 4.45. The Balaban J connectivity index is 2.80. The van der Waals surface area contributed by atoms with E-state index < -0.39 is 0 Å². The van der Waals surface area contributed by atoms with Gasteiger partial charge in [0.05, 0.1) is 4.83 Å². The molecule has 0 saturated heterocycles. The molecule has 0 fully saturated rings. The van der Waals surface area contributed by atoms with Gasteiger partial charge in [0.2, 0.25) is 5.91 Å². The summed E-state index contributed by atoms with van der Waals surface area (Å²) in [5.41, 5.74) is 3.13. The predicted molar refractivity (Wildman–Crippen MR) is 72.1 cm³/mol. The van der Waals surface area contributed by atoms with Crippen LogP contribution in [-0.2, 0) is 4.79 Å². The van der Waals surface area contributed by atoms with Gasteiger partial charge >= 0.3 is 0 Å². The number of hydrogen-bond acceptors (Lipinski definition) is 1. The van der Waals surface area contributed by atoms with E-state index in [4.69, 9.17) is 0 Å². The highest BCUT2D eigenvalue weighted by molar-refractivity contribution is 9.10. The summed E-state index contributed by atoms with van der Waals surface area (Å²) in [6.45, 7) is 8.04. The lowest BCUT2D eigenvalue weighted by Gasteiger charge is -2.15. The van der Waals surface area contributed by atoms with Crippen molar-refractivity contribution >= 4 is 27.5 Å². The largest absolute Gasteiger partial charge is 0.325 e. The Morgan fingerprint density at radius 3 is 2.50 bits per heavy atom. The summed E-state index contributed by atoms with van der Waals surface area (Å²) in [6, 6.07) is 6.05. The fraction of sp³-hybridized carbons (Fsp3) is 0.462. The molecule has 0 radical (unpaired) electrons. The van der Waals surface area contributed by atoms with Crippen LogP contribution >= 0.6 is 15.9 Å². The van der Waals surface area contributed by atoms with Gasteiger partial charge in [-0.2, -0.15) is 0 Å². The zero-order chi connectivity index (χ0) is 12.3. The summed E-state index contributed by atoms with van der Waals surface area (Å²) >= 11 is 3.40. The Labute approximate surface area is 106 Å². The van der Waals surface area contributed by atoms with Crippen molar-refractivity contribution in [2.45, 2.75) is 32.5 Å². The molecule has 1 unspecified atom stereocenters. The van der Waals surface area contributed by atoms with Crippen LogP contribution in [0.15, 0.2) is 18.2 Å². The van der Waals surface area contributed by atoms with Crippen molar-refractivity contribution in [2.24, 2.45) is 5.92 Å². The maximum atomic E-state index is 11.9. The average molecular weight is 284 g/mol. The number of benzene rings is 1. The fourth-order valence-electron chi connectivity index (χ4n) is 1.37. The first-order chi connectivity index (χ1) is 7.41. The third-order valence-corrected chi connectivity index (χ3v) is 3.96. The number of nitrogens with one attached hydrogen (secondary N) is 1. The molecule has 0 saturated carbocycles. The highest BCUT2D eigenvalue weighted by Gasteiger charge is 2.18. The van der Waals surface area contributed by atoms with Crippen LogP contribution in [0.5, 0.6) is 0 Å². The molecule has 0 spiro atoms. The summed E-state index contributed by atoms with van der Waals surface area (Å²) in [5.74, 6) is 0.300. The molecule has 1 aromatic carbocycles. The SMILES string of the molecule is Cc1ccc(C)c(NC(=O)C(Br)C(C)C)c1. The van der Waals surface area contributed by atoms with Crippen LogP contribution in [0.1, 0.15) is 25.0 Å². The number of rotatable bonds is 3. The van der Waals surface area contributed by atoms with Gasteiger partial charge in [-0.05, 0) is 37.0 Å². The number of anilines is 1. The maximum absolute atomic E-state index is 11.9. The van der Waals surface area contributed by atoms with E-state index in [-0.39, 0.29) is 16.7 Å². The monoisotopic (exact) mass is 283 g/mol. The average Bonchev–Trinajstić information content (AvgIpc) is 2.22. The lowest BCUT2D eigenvalue weighted by molar-refractivity contribution is -0.116. The zero-order valence-electron chi connectivity index (χ0n) is 10.2. The molecule has 3 heteroatoms. The third kappa shape index (κ3) is 3.34. The maximum Gasteiger partial charge on any atom is 0.238 e. The Hall–Kier alpha value is -0.830. The normalized spacial score (nSPS) is 12.6. The summed E-state index contributed by atoms with van der Waals surface area (Å²) in [4.78, 5) is 11.7. The van der Waals surface area contributed by atoms with Gasteiger partial charge in [-0.3, -0.25) is 4.79 Å². The summed E-state index contributed by atoms with van der Waals surface area (Å²) < 4.78 is 0. The first-order valence-corrected chi connectivity index (χ1v) is 6.35. The lowest BCUT2D eigenvalue weighted by atomic mass is 10.1. The van der Waals surface area contributed by atoms with Crippen LogP contribution in [0, 0.1) is 19.8 Å². The van der Waals surface area contributed by atoms with Crippen molar-refractivity contribution in [1.29, 1.82) is 0 Å². The minimum absolute atomic E-state index is 0.0173. The predicted octanol–water partition coefficient (Wildman–Crippen LogP) is 3.66. The summed E-state index contributed by atoms with van der Waals surface area (Å²) in [5, 5.41) is 2.95. The highest BCUT2D eigenvalue weighted by Crippen LogP contribution is 2.19. The molecule has 0 heterocycles. The number of amides is 1. The van der Waals surface area contributed by atoms with Gasteiger partial charge < -0.3 is 5.32 Å². The van der Waals surface area contributed by atoms with Crippen molar-refractivity contribution < 1.29 is 4.79 Å². The van der Waals surface area contributed by atoms with Crippen LogP contribution in [0.4, 0.5) is 5.69 Å². The second kappa shape index (κ2) is 5.48. The number of halogens is 1. The molecule has 1 rings (SSSR count). The Kier molecular flexibility index (Phi) is 4.54. The molecule has 0 aliphatic carbocycles. The van der Waals surface area contributed by atoms with Crippen LogP contribution in [-0.4, -0.2) is 10.7 Å². The number of carbonyl (C=O) groups excluding carboxylic acids is 1. The molecular formula is C13H18BrNO. The van der Waals surface area contributed by atoms with Crippen molar-refractivity contribution in [3.63, 3.8) is 0 Å². The van der Waals surface area contributed by atoms with Crippen LogP contribution in [0.3, 0.4) is 0 Å². The molecule has 1 amide bonds. The van der Waals surface area contributed by atoms with Gasteiger partial charge in [-0.15, -0.1) is 0 Å². The van der Waals surface area contributed by atoms with Crippen LogP contribution in [0.2, 0.25) is 0 Å². The Morgan fingerprint density at radius 2 is 1.94 bits per heavy atom. The summed E-state index contributed by atoms with van der Waals surface area (Å²) in [6.07, 6.45) is 0. The van der Waals surface area contributed by atoms with Gasteiger partial charge in [-0.1, -0.05) is 41.9 Å². The van der Waals surface area contributed by atoms with Crippen molar-refractivity contribution in [3.05, 3.63) is 29.3 Å². The topological polar surface area (TPSA) is 29.1 Å². The minimum Gasteiger partial charge on any atom is -0.325 e. The summed E-state index contributed by atoms with van der Waals surface area (Å²) in [7, 11) is 0. The van der Waals surface area contributed by atoms with E-state index in [1.807, 2.05) is 45.9 Å². The van der Waals surface area contributed by atoms with Crippen molar-refractivity contribution in [2.75, 3.05) is 5.32 Å². The fourth-order valence-corrected chi connectivity index (χ4v) is 1.49. The lowest BCUT2D eigenvalue weighted by Crippen LogP contribution is -2.27. The van der Waals surface area contributed by atoms with Gasteiger partial charge in [0.1, 0.15) is 0 Å². The van der Waals surface area contributed by atoms with E-state index in [0.29, 0.717) is 0 Å². The number of aryl methyl sites for hydroxylation is 2. The van der Waals surface area contributed by atoms with E-state index in [1.54, 1.807) is 0 Å². The molecule has 0 bridgehead atoms. The molecule has 1 aromatic rings. The molecular weight excluding hydrogens is 266 g/mol. The van der Waals surface area contributed by atoms with E-state index in [9.17, 15) is 4.79 Å². The van der Waals surface area contributed by atoms with Crippen molar-refractivity contribution in [1.82, 2.24) is 0 Å². The van der Waals surface area contributed by atoms with Crippen molar-refractivity contribution in [3.8, 4) is 0 Å². The van der Waals surface area contributed by atoms with Gasteiger partial charge in [0.25, 0.3) is 0 Å². The van der Waals surface area contributed by atoms with Gasteiger partial charge in [0.15, 0.2) is 0 Å². The number of carbonyl (C=O) groups is 1.